The van der Waals surface area contributed by atoms with Crippen molar-refractivity contribution in [2.24, 2.45) is 0 Å². The minimum atomic E-state index is -0.980. The summed E-state index contributed by atoms with van der Waals surface area (Å²) in [7, 11) is 0. The van der Waals surface area contributed by atoms with Crippen LogP contribution in [0.1, 0.15) is 16.1 Å². The molecule has 2 aromatic heterocycles. The first-order valence-electron chi connectivity index (χ1n) is 6.28. The number of nitrogens with one attached hydrogen (secondary N) is 1. The van der Waals surface area contributed by atoms with Crippen LogP contribution in [0.3, 0.4) is 0 Å². The number of rotatable bonds is 6. The fourth-order valence-corrected chi connectivity index (χ4v) is 2.45. The van der Waals surface area contributed by atoms with Crippen molar-refractivity contribution in [2.45, 2.75) is 13.0 Å². The van der Waals surface area contributed by atoms with Gasteiger partial charge in [-0.25, -0.2) is 4.79 Å². The van der Waals surface area contributed by atoms with E-state index in [2.05, 4.69) is 10.3 Å². The number of carbonyl (C=O) groups excluding carboxylic acids is 1. The number of carboxylic acids is 1. The van der Waals surface area contributed by atoms with E-state index in [-0.39, 0.29) is 12.3 Å². The van der Waals surface area contributed by atoms with E-state index in [0.717, 1.165) is 22.2 Å². The average Bonchev–Trinajstić information content (AvgIpc) is 2.92. The number of thiophene rings is 1. The highest BCUT2D eigenvalue weighted by atomic mass is 32.1. The Bertz CT molecular complexity index is 650. The van der Waals surface area contributed by atoms with Crippen LogP contribution >= 0.6 is 11.3 Å². The predicted molar refractivity (Wildman–Crippen MR) is 80.8 cm³/mol. The molecule has 1 amide bonds. The highest BCUT2D eigenvalue weighted by Crippen LogP contribution is 2.15. The van der Waals surface area contributed by atoms with Gasteiger partial charge in [0.05, 0.1) is 13.0 Å². The highest BCUT2D eigenvalue weighted by Gasteiger charge is 2.05. The standard InChI is InChI=1S/C15H14N2O3S/c18-14(8-12-3-1-2-6-16-12)17-9-13-7-11(10-21-13)4-5-15(19)20/h1-7,10H,8-9H2,(H,17,18)(H,19,20). The van der Waals surface area contributed by atoms with Gasteiger partial charge in [-0.15, -0.1) is 11.3 Å². The van der Waals surface area contributed by atoms with Crippen LogP contribution in [0.4, 0.5) is 0 Å². The fourth-order valence-electron chi connectivity index (χ4n) is 1.66. The van der Waals surface area contributed by atoms with Gasteiger partial charge in [0.1, 0.15) is 0 Å². The summed E-state index contributed by atoms with van der Waals surface area (Å²) in [6, 6.07) is 7.31. The zero-order valence-corrected chi connectivity index (χ0v) is 12.0. The third-order valence-corrected chi connectivity index (χ3v) is 3.57. The van der Waals surface area contributed by atoms with Crippen LogP contribution in [0.5, 0.6) is 0 Å². The maximum Gasteiger partial charge on any atom is 0.328 e. The van der Waals surface area contributed by atoms with E-state index in [4.69, 9.17) is 5.11 Å². The average molecular weight is 302 g/mol. The Morgan fingerprint density at radius 1 is 1.38 bits per heavy atom. The first-order chi connectivity index (χ1) is 10.1. The molecule has 2 heterocycles. The van der Waals surface area contributed by atoms with E-state index in [1.807, 2.05) is 17.5 Å². The maximum atomic E-state index is 11.8. The second kappa shape index (κ2) is 7.35. The molecule has 0 saturated carbocycles. The van der Waals surface area contributed by atoms with Crippen molar-refractivity contribution >= 4 is 29.3 Å². The van der Waals surface area contributed by atoms with E-state index in [1.165, 1.54) is 17.4 Å². The lowest BCUT2D eigenvalue weighted by Gasteiger charge is -2.02. The lowest BCUT2D eigenvalue weighted by Crippen LogP contribution is -2.24. The number of carbonyl (C=O) groups is 2. The molecule has 0 radical (unpaired) electrons. The summed E-state index contributed by atoms with van der Waals surface area (Å²) in [6.07, 6.45) is 4.52. The molecule has 0 aliphatic heterocycles. The molecule has 0 aliphatic rings. The van der Waals surface area contributed by atoms with E-state index < -0.39 is 5.97 Å². The molecule has 5 nitrogen and oxygen atoms in total. The molecule has 0 aromatic carbocycles. The predicted octanol–water partition coefficient (Wildman–Crippen LogP) is 2.10. The Labute approximate surface area is 126 Å². The number of hydrogen-bond acceptors (Lipinski definition) is 4. The number of nitrogens with zero attached hydrogens (tertiary/aromatic N) is 1. The number of amides is 1. The molecule has 2 aromatic rings. The van der Waals surface area contributed by atoms with Crippen molar-refractivity contribution in [3.63, 3.8) is 0 Å². The Morgan fingerprint density at radius 2 is 2.24 bits per heavy atom. The highest BCUT2D eigenvalue weighted by molar-refractivity contribution is 7.10. The Kier molecular flexibility index (Phi) is 5.22. The lowest BCUT2D eigenvalue weighted by atomic mass is 10.2. The summed E-state index contributed by atoms with van der Waals surface area (Å²) in [5.74, 6) is -1.07. The van der Waals surface area contributed by atoms with Gasteiger partial charge >= 0.3 is 5.97 Å². The topological polar surface area (TPSA) is 79.3 Å². The molecular weight excluding hydrogens is 288 g/mol. The number of pyridine rings is 1. The van der Waals surface area contributed by atoms with Crippen molar-refractivity contribution in [1.82, 2.24) is 10.3 Å². The molecule has 0 bridgehead atoms. The molecule has 0 fully saturated rings. The third-order valence-electron chi connectivity index (χ3n) is 2.62. The smallest absolute Gasteiger partial charge is 0.328 e. The van der Waals surface area contributed by atoms with Crippen LogP contribution < -0.4 is 5.32 Å². The van der Waals surface area contributed by atoms with Crippen molar-refractivity contribution < 1.29 is 14.7 Å². The van der Waals surface area contributed by atoms with Gasteiger partial charge in [0.15, 0.2) is 0 Å². The number of hydrogen-bond donors (Lipinski definition) is 2. The monoisotopic (exact) mass is 302 g/mol. The molecule has 6 heteroatoms. The van der Waals surface area contributed by atoms with E-state index in [1.54, 1.807) is 18.3 Å². The molecular formula is C15H14N2O3S. The summed E-state index contributed by atoms with van der Waals surface area (Å²) in [6.45, 7) is 0.428. The molecule has 0 unspecified atom stereocenters. The Hall–Kier alpha value is -2.47. The third kappa shape index (κ3) is 5.19. The second-order valence-electron chi connectivity index (χ2n) is 4.29. The maximum absolute atomic E-state index is 11.8. The molecule has 2 N–H and O–H groups in total. The summed E-state index contributed by atoms with van der Waals surface area (Å²) < 4.78 is 0. The Balaban J connectivity index is 1.83. The molecule has 21 heavy (non-hydrogen) atoms. The van der Waals surface area contributed by atoms with Gasteiger partial charge in [-0.2, -0.15) is 0 Å². The SMILES string of the molecule is O=C(O)C=Cc1csc(CNC(=O)Cc2ccccn2)c1. The van der Waals surface area contributed by atoms with Crippen LogP contribution in [0.25, 0.3) is 6.08 Å². The van der Waals surface area contributed by atoms with Crippen molar-refractivity contribution in [1.29, 1.82) is 0 Å². The van der Waals surface area contributed by atoms with E-state index in [0.29, 0.717) is 6.54 Å². The minimum absolute atomic E-state index is 0.0928. The molecule has 0 saturated heterocycles. The number of aliphatic carboxylic acids is 1. The number of carboxylic acid groups (broad SMARTS) is 1. The summed E-state index contributed by atoms with van der Waals surface area (Å²) >= 11 is 1.47. The van der Waals surface area contributed by atoms with Crippen LogP contribution in [-0.2, 0) is 22.6 Å². The van der Waals surface area contributed by atoms with Gasteiger partial charge in [-0.05, 0) is 35.2 Å². The first-order valence-corrected chi connectivity index (χ1v) is 7.16. The van der Waals surface area contributed by atoms with Crippen LogP contribution in [-0.4, -0.2) is 22.0 Å². The van der Waals surface area contributed by atoms with E-state index in [9.17, 15) is 9.59 Å². The van der Waals surface area contributed by atoms with Crippen molar-refractivity contribution in [3.05, 3.63) is 58.1 Å². The van der Waals surface area contributed by atoms with Gasteiger partial charge in [-0.3, -0.25) is 9.78 Å². The van der Waals surface area contributed by atoms with Crippen molar-refractivity contribution in [2.75, 3.05) is 0 Å². The first kappa shape index (κ1) is 14.9. The zero-order valence-electron chi connectivity index (χ0n) is 11.2. The van der Waals surface area contributed by atoms with Crippen LogP contribution in [0, 0.1) is 0 Å². The van der Waals surface area contributed by atoms with Gasteiger partial charge in [-0.1, -0.05) is 6.07 Å². The van der Waals surface area contributed by atoms with Crippen LogP contribution in [0.2, 0.25) is 0 Å². The van der Waals surface area contributed by atoms with Gasteiger partial charge in [0.2, 0.25) is 5.91 Å². The summed E-state index contributed by atoms with van der Waals surface area (Å²) in [5.41, 5.74) is 1.54. The quantitative estimate of drug-likeness (QED) is 0.801. The molecule has 108 valence electrons. The van der Waals surface area contributed by atoms with E-state index >= 15 is 0 Å². The molecule has 2 rings (SSSR count). The molecule has 0 spiro atoms. The second-order valence-corrected chi connectivity index (χ2v) is 5.29. The number of aromatic nitrogens is 1. The largest absolute Gasteiger partial charge is 0.478 e. The zero-order chi connectivity index (χ0) is 15.1. The fraction of sp³-hybridized carbons (Fsp3) is 0.133. The van der Waals surface area contributed by atoms with Crippen LogP contribution in [0.15, 0.2) is 41.9 Å². The molecule has 0 atom stereocenters. The van der Waals surface area contributed by atoms with Gasteiger partial charge in [0, 0.05) is 22.8 Å². The molecule has 0 aliphatic carbocycles. The minimum Gasteiger partial charge on any atom is -0.478 e. The normalized spacial score (nSPS) is 10.7. The van der Waals surface area contributed by atoms with Gasteiger partial charge < -0.3 is 10.4 Å². The lowest BCUT2D eigenvalue weighted by molar-refractivity contribution is -0.131. The summed E-state index contributed by atoms with van der Waals surface area (Å²) in [5, 5.41) is 13.2. The Morgan fingerprint density at radius 3 is 2.95 bits per heavy atom. The van der Waals surface area contributed by atoms with Gasteiger partial charge in [0.25, 0.3) is 0 Å². The van der Waals surface area contributed by atoms with Crippen molar-refractivity contribution in [3.8, 4) is 0 Å². The summed E-state index contributed by atoms with van der Waals surface area (Å²) in [4.78, 5) is 27.3.